The Labute approximate surface area is 111 Å². The van der Waals surface area contributed by atoms with Crippen molar-refractivity contribution < 1.29 is 9.63 Å². The van der Waals surface area contributed by atoms with Gasteiger partial charge < -0.3 is 0 Å². The van der Waals surface area contributed by atoms with Gasteiger partial charge in [-0.05, 0) is 43.2 Å². The van der Waals surface area contributed by atoms with Crippen LogP contribution < -0.4 is 0 Å². The molecule has 0 unspecified atom stereocenters. The minimum absolute atomic E-state index is 0.0771. The monoisotopic (exact) mass is 257 g/mol. The molecule has 3 rings (SSSR count). The number of benzene rings is 1. The fourth-order valence-electron chi connectivity index (χ4n) is 2.08. The van der Waals surface area contributed by atoms with Gasteiger partial charge in [-0.2, -0.15) is 5.10 Å². The minimum atomic E-state index is -0.0771. The van der Waals surface area contributed by atoms with Gasteiger partial charge in [0.25, 0.3) is 5.91 Å². The summed E-state index contributed by atoms with van der Waals surface area (Å²) in [6.07, 6.45) is 5.60. The number of carbonyl (C=O) groups excluding carboxylic acids is 1. The molecule has 1 saturated heterocycles. The first-order chi connectivity index (χ1) is 9.34. The minimum Gasteiger partial charge on any atom is -0.271 e. The molecule has 0 atom stereocenters. The summed E-state index contributed by atoms with van der Waals surface area (Å²) in [7, 11) is 0. The number of hydrogen-bond donors (Lipinski definition) is 0. The van der Waals surface area contributed by atoms with E-state index in [4.69, 9.17) is 4.84 Å². The number of carbonyl (C=O) groups is 1. The summed E-state index contributed by atoms with van der Waals surface area (Å²) >= 11 is 0. The molecule has 1 aromatic heterocycles. The molecule has 0 N–H and O–H groups in total. The van der Waals surface area contributed by atoms with Gasteiger partial charge in [0.05, 0.1) is 12.3 Å². The smallest absolute Gasteiger partial charge is 0.271 e. The van der Waals surface area contributed by atoms with Crippen molar-refractivity contribution in [3.63, 3.8) is 0 Å². The van der Waals surface area contributed by atoms with Crippen molar-refractivity contribution >= 4 is 5.91 Å². The average Bonchev–Trinajstić information content (AvgIpc) is 3.02. The molecule has 2 heterocycles. The van der Waals surface area contributed by atoms with Gasteiger partial charge in [0, 0.05) is 24.5 Å². The number of aromatic nitrogens is 2. The normalized spacial score (nSPS) is 15.5. The molecule has 98 valence electrons. The first-order valence-corrected chi connectivity index (χ1v) is 6.39. The lowest BCUT2D eigenvalue weighted by Crippen LogP contribution is -2.35. The molecule has 1 aliphatic heterocycles. The highest BCUT2D eigenvalue weighted by Gasteiger charge is 2.19. The summed E-state index contributed by atoms with van der Waals surface area (Å²) in [5.74, 6) is -0.0771. The second-order valence-electron chi connectivity index (χ2n) is 4.45. The van der Waals surface area contributed by atoms with E-state index in [1.54, 1.807) is 23.0 Å². The lowest BCUT2D eigenvalue weighted by atomic mass is 10.2. The van der Waals surface area contributed by atoms with Crippen LogP contribution >= 0.6 is 0 Å². The Morgan fingerprint density at radius 3 is 2.68 bits per heavy atom. The maximum Gasteiger partial charge on any atom is 0.277 e. The molecule has 19 heavy (non-hydrogen) atoms. The molecule has 1 aromatic carbocycles. The lowest BCUT2D eigenvalue weighted by Gasteiger charge is -2.25. The predicted molar refractivity (Wildman–Crippen MR) is 69.8 cm³/mol. The van der Waals surface area contributed by atoms with Crippen molar-refractivity contribution in [1.29, 1.82) is 0 Å². The fraction of sp³-hybridized carbons (Fsp3) is 0.286. The second-order valence-corrected chi connectivity index (χ2v) is 4.45. The molecule has 0 aliphatic carbocycles. The van der Waals surface area contributed by atoms with Crippen LogP contribution in [-0.4, -0.2) is 33.9 Å². The molecule has 0 bridgehead atoms. The lowest BCUT2D eigenvalue weighted by molar-refractivity contribution is -0.144. The Hall–Kier alpha value is -2.14. The van der Waals surface area contributed by atoms with Crippen molar-refractivity contribution in [2.45, 2.75) is 12.8 Å². The molecule has 1 aliphatic rings. The summed E-state index contributed by atoms with van der Waals surface area (Å²) in [5, 5.41) is 5.60. The molecule has 1 amide bonds. The molecule has 5 heteroatoms. The first-order valence-electron chi connectivity index (χ1n) is 6.39. The van der Waals surface area contributed by atoms with E-state index in [-0.39, 0.29) is 5.91 Å². The molecular weight excluding hydrogens is 242 g/mol. The third-order valence-electron chi connectivity index (χ3n) is 3.11. The number of hydrogen-bond acceptors (Lipinski definition) is 3. The van der Waals surface area contributed by atoms with Crippen molar-refractivity contribution in [2.75, 3.05) is 13.2 Å². The van der Waals surface area contributed by atoms with Crippen LogP contribution in [0, 0.1) is 0 Å². The largest absolute Gasteiger partial charge is 0.277 e. The summed E-state index contributed by atoms with van der Waals surface area (Å²) in [4.78, 5) is 17.5. The van der Waals surface area contributed by atoms with Gasteiger partial charge in [-0.1, -0.05) is 0 Å². The fourth-order valence-corrected chi connectivity index (χ4v) is 2.08. The average molecular weight is 257 g/mol. The van der Waals surface area contributed by atoms with E-state index in [2.05, 4.69) is 5.10 Å². The van der Waals surface area contributed by atoms with Crippen LogP contribution in [-0.2, 0) is 4.84 Å². The summed E-state index contributed by atoms with van der Waals surface area (Å²) in [6.45, 7) is 1.29. The Bertz CT molecular complexity index is 543. The van der Waals surface area contributed by atoms with E-state index in [9.17, 15) is 4.79 Å². The highest BCUT2D eigenvalue weighted by molar-refractivity contribution is 5.93. The van der Waals surface area contributed by atoms with Gasteiger partial charge in [-0.15, -0.1) is 0 Å². The van der Waals surface area contributed by atoms with Gasteiger partial charge in [-0.25, -0.2) is 9.75 Å². The summed E-state index contributed by atoms with van der Waals surface area (Å²) in [6, 6.07) is 9.23. The SMILES string of the molecule is O=C(c1ccc(-n2cccn2)cc1)N1CCCCO1. The topological polar surface area (TPSA) is 47.4 Å². The van der Waals surface area contributed by atoms with Crippen LogP contribution in [0.5, 0.6) is 0 Å². The zero-order valence-electron chi connectivity index (χ0n) is 10.5. The Balaban J connectivity index is 1.76. The van der Waals surface area contributed by atoms with E-state index < -0.39 is 0 Å². The van der Waals surface area contributed by atoms with E-state index in [0.717, 1.165) is 18.5 Å². The van der Waals surface area contributed by atoms with Crippen molar-refractivity contribution in [3.05, 3.63) is 48.3 Å². The number of hydroxylamine groups is 2. The van der Waals surface area contributed by atoms with Crippen LogP contribution in [0.3, 0.4) is 0 Å². The molecule has 2 aromatic rings. The highest BCUT2D eigenvalue weighted by atomic mass is 16.7. The zero-order chi connectivity index (χ0) is 13.1. The van der Waals surface area contributed by atoms with Crippen LogP contribution in [0.1, 0.15) is 23.2 Å². The number of amides is 1. The number of nitrogens with zero attached hydrogens (tertiary/aromatic N) is 3. The highest BCUT2D eigenvalue weighted by Crippen LogP contribution is 2.14. The van der Waals surface area contributed by atoms with Crippen LogP contribution in [0.4, 0.5) is 0 Å². The van der Waals surface area contributed by atoms with E-state index >= 15 is 0 Å². The molecule has 0 radical (unpaired) electrons. The van der Waals surface area contributed by atoms with E-state index in [1.165, 1.54) is 5.06 Å². The Morgan fingerprint density at radius 1 is 1.21 bits per heavy atom. The Kier molecular flexibility index (Phi) is 3.29. The van der Waals surface area contributed by atoms with Gasteiger partial charge in [0.15, 0.2) is 0 Å². The zero-order valence-corrected chi connectivity index (χ0v) is 10.5. The van der Waals surface area contributed by atoms with Crippen LogP contribution in [0.25, 0.3) is 5.69 Å². The third-order valence-corrected chi connectivity index (χ3v) is 3.11. The molecule has 0 saturated carbocycles. The summed E-state index contributed by atoms with van der Waals surface area (Å²) < 4.78 is 1.76. The van der Waals surface area contributed by atoms with Crippen molar-refractivity contribution in [1.82, 2.24) is 14.8 Å². The van der Waals surface area contributed by atoms with Crippen molar-refractivity contribution in [2.24, 2.45) is 0 Å². The summed E-state index contributed by atoms with van der Waals surface area (Å²) in [5.41, 5.74) is 1.57. The van der Waals surface area contributed by atoms with Gasteiger partial charge in [0.1, 0.15) is 0 Å². The van der Waals surface area contributed by atoms with E-state index in [0.29, 0.717) is 18.7 Å². The van der Waals surface area contributed by atoms with E-state index in [1.807, 2.05) is 24.4 Å². The maximum absolute atomic E-state index is 12.2. The Morgan fingerprint density at radius 2 is 2.05 bits per heavy atom. The van der Waals surface area contributed by atoms with Gasteiger partial charge in [0.2, 0.25) is 0 Å². The quantitative estimate of drug-likeness (QED) is 0.827. The van der Waals surface area contributed by atoms with Crippen LogP contribution in [0.2, 0.25) is 0 Å². The molecule has 5 nitrogen and oxygen atoms in total. The molecule has 0 spiro atoms. The molecular formula is C14H15N3O2. The standard InChI is InChI=1S/C14H15N3O2/c18-14(17-10-1-2-11-19-17)12-4-6-13(7-5-12)16-9-3-8-15-16/h3-9H,1-2,10-11H2. The maximum atomic E-state index is 12.2. The third kappa shape index (κ3) is 2.51. The first kappa shape index (κ1) is 11.9. The van der Waals surface area contributed by atoms with Crippen LogP contribution in [0.15, 0.2) is 42.7 Å². The number of rotatable bonds is 2. The second kappa shape index (κ2) is 5.24. The van der Waals surface area contributed by atoms with Gasteiger partial charge in [-0.3, -0.25) is 9.63 Å². The molecule has 1 fully saturated rings. The predicted octanol–water partition coefficient (Wildman–Crippen LogP) is 2.04. The van der Waals surface area contributed by atoms with Gasteiger partial charge >= 0.3 is 0 Å². The van der Waals surface area contributed by atoms with Crippen molar-refractivity contribution in [3.8, 4) is 5.69 Å².